The lowest BCUT2D eigenvalue weighted by atomic mass is 10.1. The number of ether oxygens (including phenoxy) is 1. The van der Waals surface area contributed by atoms with Crippen LogP contribution in [0.1, 0.15) is 19.3 Å². The molecule has 2 aliphatic rings. The molecule has 2 fully saturated rings. The van der Waals surface area contributed by atoms with Crippen molar-refractivity contribution in [2.24, 2.45) is 0 Å². The van der Waals surface area contributed by atoms with Crippen molar-refractivity contribution < 1.29 is 4.74 Å². The van der Waals surface area contributed by atoms with E-state index >= 15 is 0 Å². The monoisotopic (exact) mass is 215 g/mol. The predicted octanol–water partition coefficient (Wildman–Crippen LogP) is 2.03. The summed E-state index contributed by atoms with van der Waals surface area (Å²) in [5.74, 6) is 0.623. The molecule has 80 valence electrons. The first kappa shape index (κ1) is 10.5. The summed E-state index contributed by atoms with van der Waals surface area (Å²) < 4.78 is 5.75. The van der Waals surface area contributed by atoms with Gasteiger partial charge in [-0.3, -0.25) is 4.90 Å². The fraction of sp³-hybridized carbons (Fsp3) is 0.818. The smallest absolute Gasteiger partial charge is 0.0731 e. The molecular weight excluding hydrogens is 198 g/mol. The molecule has 14 heavy (non-hydrogen) atoms. The van der Waals surface area contributed by atoms with Crippen molar-refractivity contribution in [1.82, 2.24) is 4.90 Å². The average Bonchev–Trinajstić information content (AvgIpc) is 2.67. The summed E-state index contributed by atoms with van der Waals surface area (Å²) in [5.41, 5.74) is 0. The Kier molecular flexibility index (Phi) is 3.85. The summed E-state index contributed by atoms with van der Waals surface area (Å²) >= 11 is 5.60. The molecule has 0 bridgehead atoms. The Morgan fingerprint density at radius 3 is 3.14 bits per heavy atom. The molecule has 2 rings (SSSR count). The Hall–Kier alpha value is -0.0500. The van der Waals surface area contributed by atoms with Gasteiger partial charge in [0.2, 0.25) is 0 Å². The van der Waals surface area contributed by atoms with Gasteiger partial charge in [-0.05, 0) is 19.3 Å². The van der Waals surface area contributed by atoms with Crippen LogP contribution in [0.4, 0.5) is 0 Å². The highest BCUT2D eigenvalue weighted by Crippen LogP contribution is 2.29. The zero-order valence-electron chi connectivity index (χ0n) is 8.49. The molecule has 3 heteroatoms. The molecule has 0 aromatic carbocycles. The number of nitrogens with zero attached hydrogens (tertiary/aromatic N) is 1. The second kappa shape index (κ2) is 5.15. The van der Waals surface area contributed by atoms with Crippen LogP contribution in [0.15, 0.2) is 12.2 Å². The van der Waals surface area contributed by atoms with Gasteiger partial charge in [0.05, 0.1) is 12.7 Å². The highest BCUT2D eigenvalue weighted by atomic mass is 35.5. The van der Waals surface area contributed by atoms with Crippen LogP contribution < -0.4 is 0 Å². The third kappa shape index (κ3) is 2.30. The lowest BCUT2D eigenvalue weighted by molar-refractivity contribution is -0.0511. The molecule has 0 N–H and O–H groups in total. The zero-order chi connectivity index (χ0) is 9.80. The maximum Gasteiger partial charge on any atom is 0.0731 e. The summed E-state index contributed by atoms with van der Waals surface area (Å²) in [6.45, 7) is 3.01. The standard InChI is InChI=1S/C11H18ClNO/c12-6-1-2-7-13-8-9-14-11-5-3-4-10(11)13/h1-2,10-11H,3-9H2. The first-order valence-corrected chi connectivity index (χ1v) is 6.02. The van der Waals surface area contributed by atoms with Crippen molar-refractivity contribution in [3.8, 4) is 0 Å². The van der Waals surface area contributed by atoms with E-state index in [0.29, 0.717) is 18.0 Å². The highest BCUT2D eigenvalue weighted by Gasteiger charge is 2.35. The van der Waals surface area contributed by atoms with Crippen molar-refractivity contribution in [2.75, 3.05) is 25.6 Å². The number of rotatable bonds is 3. The number of alkyl halides is 1. The van der Waals surface area contributed by atoms with Gasteiger partial charge in [0, 0.05) is 25.0 Å². The van der Waals surface area contributed by atoms with Crippen LogP contribution in [0.5, 0.6) is 0 Å². The van der Waals surface area contributed by atoms with Crippen molar-refractivity contribution in [3.63, 3.8) is 0 Å². The molecule has 0 spiro atoms. The number of hydrogen-bond donors (Lipinski definition) is 0. The van der Waals surface area contributed by atoms with Gasteiger partial charge < -0.3 is 4.74 Å². The summed E-state index contributed by atoms with van der Waals surface area (Å²) in [7, 11) is 0. The van der Waals surface area contributed by atoms with Gasteiger partial charge in [0.15, 0.2) is 0 Å². The minimum Gasteiger partial charge on any atom is -0.375 e. The quantitative estimate of drug-likeness (QED) is 0.528. The number of hydrogen-bond acceptors (Lipinski definition) is 2. The lowest BCUT2D eigenvalue weighted by Crippen LogP contribution is -2.48. The molecule has 1 aliphatic heterocycles. The Labute approximate surface area is 90.9 Å². The maximum atomic E-state index is 5.75. The number of allylic oxidation sites excluding steroid dienone is 1. The fourth-order valence-corrected chi connectivity index (χ4v) is 2.63. The first-order valence-electron chi connectivity index (χ1n) is 5.48. The van der Waals surface area contributed by atoms with Gasteiger partial charge in [-0.1, -0.05) is 12.2 Å². The third-order valence-electron chi connectivity index (χ3n) is 3.19. The van der Waals surface area contributed by atoms with E-state index in [1.807, 2.05) is 6.08 Å². The topological polar surface area (TPSA) is 12.5 Å². The van der Waals surface area contributed by atoms with E-state index in [2.05, 4.69) is 11.0 Å². The normalized spacial score (nSPS) is 33.8. The molecule has 1 aliphatic carbocycles. The van der Waals surface area contributed by atoms with E-state index in [1.165, 1.54) is 19.3 Å². The van der Waals surface area contributed by atoms with Crippen LogP contribution in [0, 0.1) is 0 Å². The largest absolute Gasteiger partial charge is 0.375 e. The van der Waals surface area contributed by atoms with Crippen molar-refractivity contribution in [2.45, 2.75) is 31.4 Å². The summed E-state index contributed by atoms with van der Waals surface area (Å²) in [5, 5.41) is 0. The van der Waals surface area contributed by atoms with Crippen LogP contribution >= 0.6 is 11.6 Å². The van der Waals surface area contributed by atoms with E-state index in [1.54, 1.807) is 0 Å². The van der Waals surface area contributed by atoms with Gasteiger partial charge in [0.1, 0.15) is 0 Å². The van der Waals surface area contributed by atoms with Gasteiger partial charge in [0.25, 0.3) is 0 Å². The summed E-state index contributed by atoms with van der Waals surface area (Å²) in [4.78, 5) is 2.53. The van der Waals surface area contributed by atoms with Gasteiger partial charge in [-0.15, -0.1) is 11.6 Å². The second-order valence-corrected chi connectivity index (χ2v) is 4.34. The Morgan fingerprint density at radius 1 is 1.36 bits per heavy atom. The molecule has 1 saturated heterocycles. The van der Waals surface area contributed by atoms with Gasteiger partial charge in [-0.25, -0.2) is 0 Å². The van der Waals surface area contributed by atoms with Crippen molar-refractivity contribution >= 4 is 11.6 Å². The van der Waals surface area contributed by atoms with Crippen molar-refractivity contribution in [3.05, 3.63) is 12.2 Å². The van der Waals surface area contributed by atoms with Gasteiger partial charge >= 0.3 is 0 Å². The van der Waals surface area contributed by atoms with E-state index in [9.17, 15) is 0 Å². The Bertz CT molecular complexity index is 207. The molecule has 0 amide bonds. The molecule has 0 aromatic heterocycles. The van der Waals surface area contributed by atoms with E-state index < -0.39 is 0 Å². The average molecular weight is 216 g/mol. The molecule has 0 aromatic rings. The minimum atomic E-state index is 0.508. The number of fused-ring (bicyclic) bond motifs is 1. The molecule has 2 atom stereocenters. The second-order valence-electron chi connectivity index (χ2n) is 4.03. The SMILES string of the molecule is ClCC=CCN1CCOC2CCCC21. The Morgan fingerprint density at radius 2 is 2.29 bits per heavy atom. The molecule has 1 saturated carbocycles. The summed E-state index contributed by atoms with van der Waals surface area (Å²) in [6, 6.07) is 0.670. The molecule has 2 unspecified atom stereocenters. The van der Waals surface area contributed by atoms with Crippen LogP contribution in [-0.2, 0) is 4.74 Å². The van der Waals surface area contributed by atoms with Gasteiger partial charge in [-0.2, -0.15) is 0 Å². The van der Waals surface area contributed by atoms with Crippen LogP contribution in [0.3, 0.4) is 0 Å². The van der Waals surface area contributed by atoms with E-state index in [0.717, 1.165) is 19.7 Å². The number of morpholine rings is 1. The first-order chi connectivity index (χ1) is 6.92. The molecule has 2 nitrogen and oxygen atoms in total. The molecule has 1 heterocycles. The lowest BCUT2D eigenvalue weighted by Gasteiger charge is -2.36. The summed E-state index contributed by atoms with van der Waals surface area (Å²) in [6.07, 6.45) is 8.59. The minimum absolute atomic E-state index is 0.508. The third-order valence-corrected chi connectivity index (χ3v) is 3.37. The molecule has 0 radical (unpaired) electrons. The fourth-order valence-electron chi connectivity index (χ4n) is 2.51. The highest BCUT2D eigenvalue weighted by molar-refractivity contribution is 6.18. The van der Waals surface area contributed by atoms with Crippen LogP contribution in [0.2, 0.25) is 0 Å². The number of halogens is 1. The predicted molar refractivity (Wildman–Crippen MR) is 58.8 cm³/mol. The van der Waals surface area contributed by atoms with E-state index in [-0.39, 0.29) is 0 Å². The van der Waals surface area contributed by atoms with Crippen molar-refractivity contribution in [1.29, 1.82) is 0 Å². The molecular formula is C11H18ClNO. The zero-order valence-corrected chi connectivity index (χ0v) is 9.25. The van der Waals surface area contributed by atoms with E-state index in [4.69, 9.17) is 16.3 Å². The maximum absolute atomic E-state index is 5.75. The van der Waals surface area contributed by atoms with Crippen LogP contribution in [-0.4, -0.2) is 42.6 Å². The Balaban J connectivity index is 1.87. The van der Waals surface area contributed by atoms with Crippen LogP contribution in [0.25, 0.3) is 0 Å².